The molecular formula is C19H24Cl2FN3O2. The molecule has 1 atom stereocenters. The van der Waals surface area contributed by atoms with Crippen LogP contribution in [0.4, 0.5) is 10.1 Å². The Morgan fingerprint density at radius 3 is 2.67 bits per heavy atom. The van der Waals surface area contributed by atoms with Gasteiger partial charge in [-0.3, -0.25) is 9.91 Å². The van der Waals surface area contributed by atoms with Crippen molar-refractivity contribution in [1.82, 2.24) is 10.3 Å². The van der Waals surface area contributed by atoms with Crippen molar-refractivity contribution in [2.75, 3.05) is 19.1 Å². The molecule has 0 amide bonds. The van der Waals surface area contributed by atoms with E-state index in [-0.39, 0.29) is 22.3 Å². The van der Waals surface area contributed by atoms with Crippen LogP contribution in [0.25, 0.3) is 0 Å². The standard InChI is InChI=1S/C19H24Cl2FN3O2/c1-19(2,24(3)4)27-18(26)12-9-16(14(22)10-13(12)20)25-17(21)11-7-5-6-8-15(11)23-25/h9-10,15,23H,5-8H2,1-4H3. The predicted octanol–water partition coefficient (Wildman–Crippen LogP) is 4.65. The Balaban J connectivity index is 1.93. The zero-order valence-corrected chi connectivity index (χ0v) is 17.4. The number of nitrogens with one attached hydrogen (secondary N) is 1. The van der Waals surface area contributed by atoms with Gasteiger partial charge in [0.25, 0.3) is 0 Å². The normalized spacial score (nSPS) is 20.3. The van der Waals surface area contributed by atoms with Gasteiger partial charge in [-0.15, -0.1) is 0 Å². The molecule has 8 heteroatoms. The first kappa shape index (κ1) is 20.4. The number of hydrazine groups is 1. The first-order chi connectivity index (χ1) is 12.6. The SMILES string of the molecule is CN(C)C(C)(C)OC(=O)c1cc(N2NC3CCCCC3=C2Cl)c(F)cc1Cl. The van der Waals surface area contributed by atoms with Gasteiger partial charge in [0, 0.05) is 0 Å². The summed E-state index contributed by atoms with van der Waals surface area (Å²) in [7, 11) is 3.60. The summed E-state index contributed by atoms with van der Waals surface area (Å²) >= 11 is 12.6. The van der Waals surface area contributed by atoms with Gasteiger partial charge in [0.2, 0.25) is 0 Å². The van der Waals surface area contributed by atoms with Crippen LogP contribution < -0.4 is 10.4 Å². The van der Waals surface area contributed by atoms with Crippen LogP contribution in [0.3, 0.4) is 0 Å². The minimum absolute atomic E-state index is 0.00352. The number of ether oxygens (including phenoxy) is 1. The summed E-state index contributed by atoms with van der Waals surface area (Å²) < 4.78 is 20.2. The zero-order valence-electron chi connectivity index (χ0n) is 15.9. The van der Waals surface area contributed by atoms with Gasteiger partial charge in [0.15, 0.2) is 5.72 Å². The van der Waals surface area contributed by atoms with Crippen LogP contribution in [-0.2, 0) is 4.74 Å². The van der Waals surface area contributed by atoms with Gasteiger partial charge in [0.05, 0.1) is 22.3 Å². The van der Waals surface area contributed by atoms with Crippen molar-refractivity contribution in [3.63, 3.8) is 0 Å². The number of fused-ring (bicyclic) bond motifs is 1. The molecule has 1 aliphatic carbocycles. The Hall–Kier alpha value is -1.34. The second-order valence-electron chi connectivity index (χ2n) is 7.59. The Kier molecular flexibility index (Phi) is 5.73. The number of hydrogen-bond acceptors (Lipinski definition) is 5. The number of carbonyl (C=O) groups is 1. The number of esters is 1. The molecule has 0 bridgehead atoms. The van der Waals surface area contributed by atoms with Crippen molar-refractivity contribution >= 4 is 34.9 Å². The average Bonchev–Trinajstić information content (AvgIpc) is 2.91. The largest absolute Gasteiger partial charge is 0.441 e. The smallest absolute Gasteiger partial charge is 0.341 e. The molecule has 0 saturated heterocycles. The van der Waals surface area contributed by atoms with E-state index in [0.29, 0.717) is 5.16 Å². The van der Waals surface area contributed by atoms with E-state index >= 15 is 0 Å². The lowest BCUT2D eigenvalue weighted by atomic mass is 9.92. The van der Waals surface area contributed by atoms with E-state index in [4.69, 9.17) is 27.9 Å². The highest BCUT2D eigenvalue weighted by molar-refractivity contribution is 6.34. The monoisotopic (exact) mass is 415 g/mol. The Bertz CT molecular complexity index is 795. The summed E-state index contributed by atoms with van der Waals surface area (Å²) in [5, 5.41) is 1.97. The van der Waals surface area contributed by atoms with Crippen LogP contribution in [0.5, 0.6) is 0 Å². The molecule has 0 radical (unpaired) electrons. The third kappa shape index (κ3) is 3.94. The zero-order chi connectivity index (χ0) is 19.9. The summed E-state index contributed by atoms with van der Waals surface area (Å²) in [6.45, 7) is 3.52. The highest BCUT2D eigenvalue weighted by atomic mass is 35.5. The Morgan fingerprint density at radius 1 is 1.33 bits per heavy atom. The molecule has 3 rings (SSSR count). The highest BCUT2D eigenvalue weighted by Gasteiger charge is 2.35. The third-order valence-electron chi connectivity index (χ3n) is 5.27. The van der Waals surface area contributed by atoms with Crippen molar-refractivity contribution < 1.29 is 13.9 Å². The van der Waals surface area contributed by atoms with Crippen LogP contribution in [0.1, 0.15) is 49.9 Å². The summed E-state index contributed by atoms with van der Waals surface area (Å²) in [5.41, 5.74) is 3.72. The molecule has 27 heavy (non-hydrogen) atoms. The highest BCUT2D eigenvalue weighted by Crippen LogP contribution is 2.39. The van der Waals surface area contributed by atoms with Crippen LogP contribution in [0, 0.1) is 5.82 Å². The van der Waals surface area contributed by atoms with Crippen molar-refractivity contribution in [2.45, 2.75) is 51.3 Å². The number of anilines is 1. The maximum atomic E-state index is 14.7. The molecule has 1 unspecified atom stereocenters. The van der Waals surface area contributed by atoms with Crippen LogP contribution in [0.2, 0.25) is 5.02 Å². The third-order valence-corrected chi connectivity index (χ3v) is 6.00. The van der Waals surface area contributed by atoms with E-state index in [1.165, 1.54) is 11.1 Å². The summed E-state index contributed by atoms with van der Waals surface area (Å²) in [4.78, 5) is 14.4. The van der Waals surface area contributed by atoms with Crippen molar-refractivity contribution in [3.05, 3.63) is 39.3 Å². The summed E-state index contributed by atoms with van der Waals surface area (Å²) in [5.74, 6) is -1.19. The van der Waals surface area contributed by atoms with E-state index in [1.807, 2.05) is 0 Å². The molecule has 1 fully saturated rings. The van der Waals surface area contributed by atoms with E-state index in [1.54, 1.807) is 32.8 Å². The van der Waals surface area contributed by atoms with Gasteiger partial charge in [-0.2, -0.15) is 0 Å². The quantitative estimate of drug-likeness (QED) is 0.440. The lowest BCUT2D eigenvalue weighted by Gasteiger charge is -2.32. The first-order valence-corrected chi connectivity index (χ1v) is 9.72. The predicted molar refractivity (Wildman–Crippen MR) is 105 cm³/mol. The van der Waals surface area contributed by atoms with Crippen LogP contribution in [-0.4, -0.2) is 36.7 Å². The number of nitrogens with zero attached hydrogens (tertiary/aromatic N) is 2. The molecule has 1 heterocycles. The summed E-state index contributed by atoms with van der Waals surface area (Å²) in [6.07, 6.45) is 3.99. The molecule has 1 aliphatic heterocycles. The maximum Gasteiger partial charge on any atom is 0.341 e. The van der Waals surface area contributed by atoms with Crippen LogP contribution >= 0.6 is 23.2 Å². The second-order valence-corrected chi connectivity index (χ2v) is 8.36. The molecule has 5 nitrogen and oxygen atoms in total. The van der Waals surface area contributed by atoms with E-state index < -0.39 is 17.5 Å². The fraction of sp³-hybridized carbons (Fsp3) is 0.526. The second kappa shape index (κ2) is 7.59. The van der Waals surface area contributed by atoms with E-state index in [2.05, 4.69) is 5.43 Å². The number of carbonyl (C=O) groups excluding carboxylic acids is 1. The van der Waals surface area contributed by atoms with Gasteiger partial charge in [-0.1, -0.05) is 29.6 Å². The first-order valence-electron chi connectivity index (χ1n) is 8.96. The minimum atomic E-state index is -0.838. The molecule has 1 N–H and O–H groups in total. The molecule has 2 aliphatic rings. The van der Waals surface area contributed by atoms with Gasteiger partial charge < -0.3 is 4.74 Å². The Morgan fingerprint density at radius 2 is 2.04 bits per heavy atom. The maximum absolute atomic E-state index is 14.7. The molecule has 148 valence electrons. The van der Waals surface area contributed by atoms with E-state index in [9.17, 15) is 9.18 Å². The van der Waals surface area contributed by atoms with Gasteiger partial charge >= 0.3 is 5.97 Å². The number of halogens is 3. The Labute approximate surface area is 169 Å². The number of rotatable bonds is 4. The van der Waals surface area contributed by atoms with Crippen molar-refractivity contribution in [2.24, 2.45) is 0 Å². The minimum Gasteiger partial charge on any atom is -0.441 e. The molecule has 1 aromatic carbocycles. The van der Waals surface area contributed by atoms with Crippen molar-refractivity contribution in [3.8, 4) is 0 Å². The molecule has 1 aromatic rings. The lowest BCUT2D eigenvalue weighted by molar-refractivity contribution is -0.0725. The fourth-order valence-electron chi connectivity index (χ4n) is 3.17. The fourth-order valence-corrected chi connectivity index (χ4v) is 3.77. The topological polar surface area (TPSA) is 44.8 Å². The van der Waals surface area contributed by atoms with Crippen molar-refractivity contribution in [1.29, 1.82) is 0 Å². The summed E-state index contributed by atoms with van der Waals surface area (Å²) in [6, 6.07) is 2.61. The molecule has 0 aromatic heterocycles. The number of benzene rings is 1. The van der Waals surface area contributed by atoms with Gasteiger partial charge in [0.1, 0.15) is 11.0 Å². The molecular weight excluding hydrogens is 392 g/mol. The number of hydrogen-bond donors (Lipinski definition) is 1. The van der Waals surface area contributed by atoms with Gasteiger partial charge in [-0.05, 0) is 64.9 Å². The molecule has 0 spiro atoms. The van der Waals surface area contributed by atoms with E-state index in [0.717, 1.165) is 37.3 Å². The van der Waals surface area contributed by atoms with Crippen LogP contribution in [0.15, 0.2) is 22.9 Å². The molecule has 1 saturated carbocycles. The average molecular weight is 416 g/mol. The van der Waals surface area contributed by atoms with Gasteiger partial charge in [-0.25, -0.2) is 14.6 Å². The lowest BCUT2D eigenvalue weighted by Crippen LogP contribution is -2.42.